The van der Waals surface area contributed by atoms with E-state index >= 15 is 0 Å². The number of anilines is 1. The lowest BCUT2D eigenvalue weighted by molar-refractivity contribution is 0.0935. The summed E-state index contributed by atoms with van der Waals surface area (Å²) in [6.07, 6.45) is 3.18. The van der Waals surface area contributed by atoms with Gasteiger partial charge in [0.05, 0.1) is 5.69 Å². The Morgan fingerprint density at radius 3 is 2.67 bits per heavy atom. The zero-order valence-electron chi connectivity index (χ0n) is 12.6. The van der Waals surface area contributed by atoms with E-state index in [2.05, 4.69) is 34.0 Å². The molecule has 0 aliphatic carbocycles. The Bertz CT molecular complexity index is 623. The van der Waals surface area contributed by atoms with Crippen LogP contribution < -0.4 is 11.1 Å². The van der Waals surface area contributed by atoms with Gasteiger partial charge < -0.3 is 16.0 Å². The fourth-order valence-corrected chi connectivity index (χ4v) is 3.14. The highest BCUT2D eigenvalue weighted by Crippen LogP contribution is 2.30. The molecule has 0 aromatic carbocycles. The number of nitrogens with one attached hydrogen (secondary N) is 1. The van der Waals surface area contributed by atoms with Crippen molar-refractivity contribution in [1.29, 1.82) is 0 Å². The molecule has 1 amide bonds. The molecule has 0 saturated carbocycles. The second kappa shape index (κ2) is 6.82. The van der Waals surface area contributed by atoms with Crippen molar-refractivity contribution in [2.75, 3.05) is 25.4 Å². The van der Waals surface area contributed by atoms with Crippen molar-refractivity contribution in [1.82, 2.24) is 20.2 Å². The highest BCUT2D eigenvalue weighted by molar-refractivity contribution is 7.21. The van der Waals surface area contributed by atoms with Crippen molar-refractivity contribution in [3.8, 4) is 0 Å². The summed E-state index contributed by atoms with van der Waals surface area (Å²) >= 11 is 1.28. The minimum atomic E-state index is -0.156. The molecule has 2 aromatic heterocycles. The first-order valence-corrected chi connectivity index (χ1v) is 7.90. The number of carbonyl (C=O) groups is 1. The highest BCUT2D eigenvalue weighted by Gasteiger charge is 2.19. The summed E-state index contributed by atoms with van der Waals surface area (Å²) in [5.74, 6) is -0.156. The Balaban J connectivity index is 2.10. The Morgan fingerprint density at radius 2 is 2.05 bits per heavy atom. The number of hydrogen-bond acceptors (Lipinski definition) is 6. The molecule has 1 atom stereocenters. The van der Waals surface area contributed by atoms with Gasteiger partial charge in [-0.1, -0.05) is 13.8 Å². The van der Waals surface area contributed by atoms with Gasteiger partial charge in [-0.2, -0.15) is 0 Å². The van der Waals surface area contributed by atoms with E-state index in [-0.39, 0.29) is 11.9 Å². The smallest absolute Gasteiger partial charge is 0.263 e. The van der Waals surface area contributed by atoms with Crippen LogP contribution in [0, 0.1) is 0 Å². The number of carbonyl (C=O) groups excluding carboxylic acids is 1. The zero-order chi connectivity index (χ0) is 15.4. The van der Waals surface area contributed by atoms with Crippen LogP contribution in [0.1, 0.15) is 30.4 Å². The standard InChI is InChI=1S/C14H21N5OS/c1-4-19(5-2)8-9(3)18-13(20)12-10(15)11-14(21-12)17-7-6-16-11/h6-7,9H,4-5,8,15H2,1-3H3,(H,18,20). The second-order valence-corrected chi connectivity index (χ2v) is 5.91. The molecule has 2 aromatic rings. The molecular weight excluding hydrogens is 286 g/mol. The van der Waals surface area contributed by atoms with Crippen LogP contribution >= 0.6 is 11.3 Å². The van der Waals surface area contributed by atoms with Crippen LogP contribution in [0.3, 0.4) is 0 Å². The summed E-state index contributed by atoms with van der Waals surface area (Å²) in [7, 11) is 0. The number of aromatic nitrogens is 2. The molecule has 21 heavy (non-hydrogen) atoms. The van der Waals surface area contributed by atoms with Crippen molar-refractivity contribution in [2.45, 2.75) is 26.8 Å². The summed E-state index contributed by atoms with van der Waals surface area (Å²) in [4.78, 5) is 24.2. The average molecular weight is 307 g/mol. The topological polar surface area (TPSA) is 84.1 Å². The van der Waals surface area contributed by atoms with Gasteiger partial charge >= 0.3 is 0 Å². The number of amides is 1. The van der Waals surface area contributed by atoms with Gasteiger partial charge in [0.25, 0.3) is 5.91 Å². The molecule has 7 heteroatoms. The van der Waals surface area contributed by atoms with Gasteiger partial charge in [-0.05, 0) is 20.0 Å². The molecule has 0 bridgehead atoms. The van der Waals surface area contributed by atoms with Gasteiger partial charge in [-0.3, -0.25) is 4.79 Å². The largest absolute Gasteiger partial charge is 0.396 e. The van der Waals surface area contributed by atoms with Crippen LogP contribution in [0.2, 0.25) is 0 Å². The van der Waals surface area contributed by atoms with Crippen molar-refractivity contribution in [2.24, 2.45) is 0 Å². The summed E-state index contributed by atoms with van der Waals surface area (Å²) in [6.45, 7) is 8.97. The lowest BCUT2D eigenvalue weighted by Crippen LogP contribution is -2.41. The van der Waals surface area contributed by atoms with Crippen LogP contribution in [0.5, 0.6) is 0 Å². The fraction of sp³-hybridized carbons (Fsp3) is 0.500. The average Bonchev–Trinajstić information content (AvgIpc) is 2.82. The maximum absolute atomic E-state index is 12.3. The van der Waals surface area contributed by atoms with Crippen LogP contribution in [0.4, 0.5) is 5.69 Å². The van der Waals surface area contributed by atoms with Crippen molar-refractivity contribution < 1.29 is 4.79 Å². The van der Waals surface area contributed by atoms with Crippen LogP contribution in [-0.2, 0) is 0 Å². The molecule has 0 aliphatic rings. The summed E-state index contributed by atoms with van der Waals surface area (Å²) in [5, 5.41) is 2.99. The molecule has 2 heterocycles. The summed E-state index contributed by atoms with van der Waals surface area (Å²) in [5.41, 5.74) is 7.02. The number of likely N-dealkylation sites (N-methyl/N-ethyl adjacent to an activating group) is 1. The Hall–Kier alpha value is -1.73. The maximum Gasteiger partial charge on any atom is 0.263 e. The van der Waals surface area contributed by atoms with E-state index in [1.807, 2.05) is 6.92 Å². The number of nitrogens with two attached hydrogens (primary N) is 1. The zero-order valence-corrected chi connectivity index (χ0v) is 13.4. The van der Waals surface area contributed by atoms with E-state index in [0.717, 1.165) is 19.6 Å². The van der Waals surface area contributed by atoms with Crippen LogP contribution in [0.25, 0.3) is 10.3 Å². The Kier molecular flexibility index (Phi) is 5.08. The molecule has 3 N–H and O–H groups in total. The molecule has 0 radical (unpaired) electrons. The first-order valence-electron chi connectivity index (χ1n) is 7.09. The first kappa shape index (κ1) is 15.7. The van der Waals surface area contributed by atoms with E-state index < -0.39 is 0 Å². The number of fused-ring (bicyclic) bond motifs is 1. The van der Waals surface area contributed by atoms with E-state index in [4.69, 9.17) is 5.73 Å². The van der Waals surface area contributed by atoms with E-state index in [0.29, 0.717) is 20.9 Å². The van der Waals surface area contributed by atoms with Gasteiger partial charge in [-0.25, -0.2) is 9.97 Å². The predicted octanol–water partition coefficient (Wildman–Crippen LogP) is 1.73. The third-order valence-corrected chi connectivity index (χ3v) is 4.47. The molecule has 114 valence electrons. The molecule has 1 unspecified atom stereocenters. The van der Waals surface area contributed by atoms with Crippen molar-refractivity contribution in [3.63, 3.8) is 0 Å². The first-order chi connectivity index (χ1) is 10.1. The van der Waals surface area contributed by atoms with Gasteiger partial charge in [0.2, 0.25) is 0 Å². The third-order valence-electron chi connectivity index (χ3n) is 3.37. The Morgan fingerprint density at radius 1 is 1.38 bits per heavy atom. The molecular formula is C14H21N5OS. The number of rotatable bonds is 6. The molecule has 0 aliphatic heterocycles. The van der Waals surface area contributed by atoms with E-state index in [9.17, 15) is 4.79 Å². The lowest BCUT2D eigenvalue weighted by Gasteiger charge is -2.23. The van der Waals surface area contributed by atoms with E-state index in [1.54, 1.807) is 12.4 Å². The Labute approximate surface area is 128 Å². The third kappa shape index (κ3) is 3.48. The number of thiophene rings is 1. The quantitative estimate of drug-likeness (QED) is 0.849. The van der Waals surface area contributed by atoms with E-state index in [1.165, 1.54) is 11.3 Å². The number of nitrogen functional groups attached to an aromatic ring is 1. The van der Waals surface area contributed by atoms with Gasteiger partial charge in [0, 0.05) is 25.0 Å². The van der Waals surface area contributed by atoms with Gasteiger partial charge in [0.1, 0.15) is 15.2 Å². The molecule has 0 saturated heterocycles. The molecule has 2 rings (SSSR count). The second-order valence-electron chi connectivity index (χ2n) is 4.92. The predicted molar refractivity (Wildman–Crippen MR) is 86.5 cm³/mol. The maximum atomic E-state index is 12.3. The molecule has 6 nitrogen and oxygen atoms in total. The summed E-state index contributed by atoms with van der Waals surface area (Å²) in [6, 6.07) is 0.0583. The van der Waals surface area contributed by atoms with Crippen molar-refractivity contribution in [3.05, 3.63) is 17.3 Å². The van der Waals surface area contributed by atoms with Gasteiger partial charge in [-0.15, -0.1) is 11.3 Å². The minimum Gasteiger partial charge on any atom is -0.396 e. The van der Waals surface area contributed by atoms with Crippen LogP contribution in [0.15, 0.2) is 12.4 Å². The summed E-state index contributed by atoms with van der Waals surface area (Å²) < 4.78 is 0. The number of hydrogen-bond donors (Lipinski definition) is 2. The normalized spacial score (nSPS) is 12.8. The fourth-order valence-electron chi connectivity index (χ4n) is 2.22. The molecule has 0 spiro atoms. The lowest BCUT2D eigenvalue weighted by atomic mass is 10.2. The van der Waals surface area contributed by atoms with Crippen LogP contribution in [-0.4, -0.2) is 46.5 Å². The SMILES string of the molecule is CCN(CC)CC(C)NC(=O)c1sc2nccnc2c1N. The number of nitrogens with zero attached hydrogens (tertiary/aromatic N) is 3. The highest BCUT2D eigenvalue weighted by atomic mass is 32.1. The van der Waals surface area contributed by atoms with Gasteiger partial charge in [0.15, 0.2) is 0 Å². The van der Waals surface area contributed by atoms with Crippen molar-refractivity contribution >= 4 is 33.3 Å². The molecule has 0 fully saturated rings. The monoisotopic (exact) mass is 307 g/mol. The minimum absolute atomic E-state index is 0.0583.